The Morgan fingerprint density at radius 2 is 1.77 bits per heavy atom. The smallest absolute Gasteiger partial charge is 0.100 e. The van der Waals surface area contributed by atoms with Gasteiger partial charge in [0.15, 0.2) is 0 Å². The van der Waals surface area contributed by atoms with E-state index >= 15 is 0 Å². The Balaban J connectivity index is 1.32. The molecule has 4 aliphatic rings. The molecule has 1 heterocycles. The Hall–Kier alpha value is -1.83. The highest BCUT2D eigenvalue weighted by Gasteiger charge is 2.57. The molecule has 0 radical (unpaired) electrons. The zero-order chi connectivity index (χ0) is 21.4. The van der Waals surface area contributed by atoms with Crippen LogP contribution in [0.2, 0.25) is 0 Å². The molecule has 2 nitrogen and oxygen atoms in total. The number of aromatic nitrogens is 2. The van der Waals surface area contributed by atoms with Gasteiger partial charge in [-0.2, -0.15) is 0 Å². The molecule has 164 valence electrons. The summed E-state index contributed by atoms with van der Waals surface area (Å²) < 4.78 is 2.41. The van der Waals surface area contributed by atoms with E-state index in [-0.39, 0.29) is 5.41 Å². The SMILES string of the molecule is CC(C)C1CC[C@@]2(C)C(=CCC3C2CC[C@]2(C)C(n4cnc5ccccc54)=CCC32)C1. The van der Waals surface area contributed by atoms with Crippen LogP contribution in [0.3, 0.4) is 0 Å². The predicted molar refractivity (Wildman–Crippen MR) is 129 cm³/mol. The van der Waals surface area contributed by atoms with Gasteiger partial charge in [0.05, 0.1) is 11.0 Å². The maximum absolute atomic E-state index is 4.71. The maximum Gasteiger partial charge on any atom is 0.100 e. The van der Waals surface area contributed by atoms with Crippen LogP contribution in [0.1, 0.15) is 72.6 Å². The molecule has 0 amide bonds. The minimum Gasteiger partial charge on any atom is -0.302 e. The standard InChI is InChI=1S/C29H38N2/c1-19(2)20-13-15-28(3)21(17-20)9-10-22-23-11-12-27(29(23,4)16-14-24(22)28)31-18-30-25-7-5-6-8-26(25)31/h5-9,12,18-20,22-24H,10-11,13-17H2,1-4H3/t20?,22?,23?,24?,28-,29-/m0/s1. The van der Waals surface area contributed by atoms with E-state index in [4.69, 9.17) is 4.98 Å². The molecular weight excluding hydrogens is 376 g/mol. The number of imidazole rings is 1. The number of fused-ring (bicyclic) bond motifs is 6. The van der Waals surface area contributed by atoms with Crippen molar-refractivity contribution < 1.29 is 0 Å². The molecule has 0 aliphatic heterocycles. The topological polar surface area (TPSA) is 17.8 Å². The lowest BCUT2D eigenvalue weighted by Crippen LogP contribution is -2.49. The van der Waals surface area contributed by atoms with Gasteiger partial charge < -0.3 is 4.57 Å². The van der Waals surface area contributed by atoms with Crippen LogP contribution >= 0.6 is 0 Å². The van der Waals surface area contributed by atoms with Gasteiger partial charge in [0.1, 0.15) is 6.33 Å². The van der Waals surface area contributed by atoms with E-state index in [2.05, 4.69) is 75.0 Å². The third kappa shape index (κ3) is 2.72. The fourth-order valence-corrected chi connectivity index (χ4v) is 8.33. The summed E-state index contributed by atoms with van der Waals surface area (Å²) in [5, 5.41) is 0. The third-order valence-corrected chi connectivity index (χ3v) is 10.3. The van der Waals surface area contributed by atoms with Crippen molar-refractivity contribution in [1.82, 2.24) is 9.55 Å². The summed E-state index contributed by atoms with van der Waals surface area (Å²) in [4.78, 5) is 4.71. The Morgan fingerprint density at radius 1 is 0.968 bits per heavy atom. The van der Waals surface area contributed by atoms with Gasteiger partial charge in [-0.25, -0.2) is 4.98 Å². The van der Waals surface area contributed by atoms with Gasteiger partial charge in [0.2, 0.25) is 0 Å². The quantitative estimate of drug-likeness (QED) is 0.460. The van der Waals surface area contributed by atoms with Crippen LogP contribution in [0, 0.1) is 40.4 Å². The molecule has 0 saturated heterocycles. The first-order valence-electron chi connectivity index (χ1n) is 12.7. The van der Waals surface area contributed by atoms with Crippen molar-refractivity contribution in [1.29, 1.82) is 0 Å². The van der Waals surface area contributed by atoms with E-state index in [9.17, 15) is 0 Å². The second-order valence-electron chi connectivity index (χ2n) is 11.9. The molecule has 31 heavy (non-hydrogen) atoms. The molecule has 1 aromatic heterocycles. The van der Waals surface area contributed by atoms with Gasteiger partial charge in [-0.05, 0) is 92.1 Å². The van der Waals surface area contributed by atoms with E-state index in [1.807, 2.05) is 5.57 Å². The van der Waals surface area contributed by atoms with E-state index in [0.29, 0.717) is 5.41 Å². The van der Waals surface area contributed by atoms with Crippen LogP contribution in [0.15, 0.2) is 48.3 Å². The number of hydrogen-bond donors (Lipinski definition) is 0. The van der Waals surface area contributed by atoms with E-state index in [1.54, 1.807) is 0 Å². The van der Waals surface area contributed by atoms with Crippen LogP contribution in [0.4, 0.5) is 0 Å². The first-order chi connectivity index (χ1) is 14.9. The molecule has 1 aromatic carbocycles. The van der Waals surface area contributed by atoms with E-state index in [1.165, 1.54) is 56.2 Å². The van der Waals surface area contributed by atoms with Gasteiger partial charge in [-0.15, -0.1) is 0 Å². The molecule has 0 spiro atoms. The summed E-state index contributed by atoms with van der Waals surface area (Å²) in [7, 11) is 0. The van der Waals surface area contributed by atoms with Gasteiger partial charge in [0, 0.05) is 11.1 Å². The normalized spacial score (nSPS) is 39.6. The van der Waals surface area contributed by atoms with Crippen molar-refractivity contribution in [3.05, 3.63) is 48.3 Å². The molecule has 2 heteroatoms. The van der Waals surface area contributed by atoms with Crippen molar-refractivity contribution in [2.45, 2.75) is 72.6 Å². The number of benzene rings is 1. The van der Waals surface area contributed by atoms with Gasteiger partial charge >= 0.3 is 0 Å². The van der Waals surface area contributed by atoms with E-state index in [0.717, 1.165) is 35.1 Å². The average molecular weight is 415 g/mol. The van der Waals surface area contributed by atoms with Crippen molar-refractivity contribution in [2.75, 3.05) is 0 Å². The summed E-state index contributed by atoms with van der Waals surface area (Å²) in [6.45, 7) is 10.1. The number of para-hydroxylation sites is 2. The molecule has 6 atom stereocenters. The minimum atomic E-state index is 0.279. The fraction of sp³-hybridized carbons (Fsp3) is 0.621. The van der Waals surface area contributed by atoms with Crippen molar-refractivity contribution in [2.24, 2.45) is 40.4 Å². The predicted octanol–water partition coefficient (Wildman–Crippen LogP) is 7.72. The fourth-order valence-electron chi connectivity index (χ4n) is 8.33. The molecule has 2 saturated carbocycles. The Kier molecular flexibility index (Phi) is 4.37. The zero-order valence-electron chi connectivity index (χ0n) is 19.8. The summed E-state index contributed by atoms with van der Waals surface area (Å²) in [5.41, 5.74) is 6.47. The number of allylic oxidation sites excluding steroid dienone is 4. The van der Waals surface area contributed by atoms with Crippen molar-refractivity contribution in [3.8, 4) is 0 Å². The second kappa shape index (κ2) is 6.83. The van der Waals surface area contributed by atoms with E-state index < -0.39 is 0 Å². The second-order valence-corrected chi connectivity index (χ2v) is 11.9. The van der Waals surface area contributed by atoms with Crippen LogP contribution in [0.25, 0.3) is 16.7 Å². The monoisotopic (exact) mass is 414 g/mol. The van der Waals surface area contributed by atoms with Gasteiger partial charge in [-0.3, -0.25) is 0 Å². The molecule has 0 bridgehead atoms. The lowest BCUT2D eigenvalue weighted by molar-refractivity contribution is -0.0180. The summed E-state index contributed by atoms with van der Waals surface area (Å²) >= 11 is 0. The highest BCUT2D eigenvalue weighted by Crippen LogP contribution is 2.66. The summed E-state index contributed by atoms with van der Waals surface area (Å²) in [6, 6.07) is 8.61. The highest BCUT2D eigenvalue weighted by molar-refractivity contribution is 5.80. The minimum absolute atomic E-state index is 0.279. The average Bonchev–Trinajstić information content (AvgIpc) is 3.33. The largest absolute Gasteiger partial charge is 0.302 e. The lowest BCUT2D eigenvalue weighted by Gasteiger charge is -2.58. The zero-order valence-corrected chi connectivity index (χ0v) is 19.8. The first kappa shape index (κ1) is 19.8. The molecule has 6 rings (SSSR count). The maximum atomic E-state index is 4.71. The molecule has 4 unspecified atom stereocenters. The highest BCUT2D eigenvalue weighted by atomic mass is 15.1. The lowest BCUT2D eigenvalue weighted by atomic mass is 9.47. The Labute approximate surface area is 187 Å². The number of nitrogens with zero attached hydrogens (tertiary/aromatic N) is 2. The summed E-state index contributed by atoms with van der Waals surface area (Å²) in [5.74, 6) is 4.22. The molecule has 2 aromatic rings. The van der Waals surface area contributed by atoms with Gasteiger partial charge in [0.25, 0.3) is 0 Å². The van der Waals surface area contributed by atoms with Crippen LogP contribution in [-0.2, 0) is 0 Å². The molecule has 2 fully saturated rings. The van der Waals surface area contributed by atoms with Crippen LogP contribution in [0.5, 0.6) is 0 Å². The Morgan fingerprint density at radius 3 is 2.61 bits per heavy atom. The van der Waals surface area contributed by atoms with Crippen LogP contribution < -0.4 is 0 Å². The molecular formula is C29H38N2. The summed E-state index contributed by atoms with van der Waals surface area (Å²) in [6.07, 6.45) is 16.8. The van der Waals surface area contributed by atoms with Crippen LogP contribution in [-0.4, -0.2) is 9.55 Å². The van der Waals surface area contributed by atoms with Crippen molar-refractivity contribution >= 4 is 16.7 Å². The molecule has 4 aliphatic carbocycles. The first-order valence-corrected chi connectivity index (χ1v) is 12.7. The molecule has 0 N–H and O–H groups in total. The third-order valence-electron chi connectivity index (χ3n) is 10.3. The van der Waals surface area contributed by atoms with Gasteiger partial charge in [-0.1, -0.05) is 57.6 Å². The van der Waals surface area contributed by atoms with Crippen molar-refractivity contribution in [3.63, 3.8) is 0 Å². The number of rotatable bonds is 2. The Bertz CT molecular complexity index is 1070. The number of hydrogen-bond acceptors (Lipinski definition) is 1.